The largest absolute Gasteiger partial charge is 0.467 e. The minimum atomic E-state index is -1.60. The molecule has 1 fully saturated rings. The van der Waals surface area contributed by atoms with Gasteiger partial charge in [-0.15, -0.1) is 0 Å². The van der Waals surface area contributed by atoms with Crippen LogP contribution in [-0.4, -0.2) is 61.7 Å². The number of hydrogen-bond acceptors (Lipinski definition) is 12. The van der Waals surface area contributed by atoms with Gasteiger partial charge < -0.3 is 32.8 Å². The number of benzene rings is 2. The number of carbonyl (C=O) groups excluding carboxylic acids is 4. The standard InChI is InChI=1S/C26H24O12/c1-12(27)33-20-21(34-13(2)28)23(35-14(3)29)26(38-22(20)25(31)32-4)36-15-9-10-17-16-7-5-6-8-18(16)24(30)37-19(17)11-15/h5-11,20-23,26H,1-4H3/t20-,21-,22-,23+,26+/m0/s1. The maximum absolute atomic E-state index is 12.6. The van der Waals surface area contributed by atoms with Gasteiger partial charge in [0.2, 0.25) is 12.4 Å². The fourth-order valence-corrected chi connectivity index (χ4v) is 4.24. The van der Waals surface area contributed by atoms with E-state index in [4.69, 9.17) is 32.8 Å². The van der Waals surface area contributed by atoms with Gasteiger partial charge in [0.15, 0.2) is 18.3 Å². The second-order valence-corrected chi connectivity index (χ2v) is 8.38. The average Bonchev–Trinajstić information content (AvgIpc) is 2.86. The quantitative estimate of drug-likeness (QED) is 0.199. The van der Waals surface area contributed by atoms with E-state index < -0.39 is 60.2 Å². The second kappa shape index (κ2) is 10.9. The molecule has 200 valence electrons. The van der Waals surface area contributed by atoms with Gasteiger partial charge in [0.25, 0.3) is 0 Å². The molecule has 12 nitrogen and oxygen atoms in total. The first-order valence-corrected chi connectivity index (χ1v) is 11.5. The van der Waals surface area contributed by atoms with Crippen molar-refractivity contribution in [2.45, 2.75) is 51.5 Å². The SMILES string of the molecule is COC(=O)[C@H]1O[C@@H](Oc2ccc3c(c2)oc(=O)c2ccccc23)[C@H](OC(C)=O)[C@@H](OC(C)=O)[C@@H]1OC(C)=O. The maximum Gasteiger partial charge on any atom is 0.344 e. The maximum atomic E-state index is 12.6. The lowest BCUT2D eigenvalue weighted by Crippen LogP contribution is -2.64. The Balaban J connectivity index is 1.77. The summed E-state index contributed by atoms with van der Waals surface area (Å²) in [6.07, 6.45) is -7.63. The molecule has 0 amide bonds. The van der Waals surface area contributed by atoms with Crippen molar-refractivity contribution in [2.75, 3.05) is 7.11 Å². The summed E-state index contributed by atoms with van der Waals surface area (Å²) >= 11 is 0. The molecule has 2 heterocycles. The van der Waals surface area contributed by atoms with Gasteiger partial charge in [0.1, 0.15) is 11.3 Å². The summed E-state index contributed by atoms with van der Waals surface area (Å²) in [6.45, 7) is 3.27. The van der Waals surface area contributed by atoms with Gasteiger partial charge in [-0.05, 0) is 23.6 Å². The Morgan fingerprint density at radius 2 is 1.37 bits per heavy atom. The summed E-state index contributed by atoms with van der Waals surface area (Å²) in [6, 6.07) is 11.6. The first-order chi connectivity index (χ1) is 18.1. The van der Waals surface area contributed by atoms with Crippen molar-refractivity contribution in [3.63, 3.8) is 0 Å². The van der Waals surface area contributed by atoms with Gasteiger partial charge >= 0.3 is 29.5 Å². The van der Waals surface area contributed by atoms with E-state index in [1.165, 1.54) is 6.07 Å². The molecule has 0 bridgehead atoms. The van der Waals surface area contributed by atoms with Crippen molar-refractivity contribution >= 4 is 45.6 Å². The number of esters is 4. The Kier molecular flexibility index (Phi) is 7.62. The predicted molar refractivity (Wildman–Crippen MR) is 128 cm³/mol. The summed E-state index contributed by atoms with van der Waals surface area (Å²) < 4.78 is 37.8. The van der Waals surface area contributed by atoms with Gasteiger partial charge in [-0.2, -0.15) is 0 Å². The third kappa shape index (κ3) is 5.44. The zero-order valence-electron chi connectivity index (χ0n) is 20.8. The van der Waals surface area contributed by atoms with E-state index in [-0.39, 0.29) is 11.3 Å². The van der Waals surface area contributed by atoms with Crippen molar-refractivity contribution in [3.05, 3.63) is 52.9 Å². The number of carbonyl (C=O) groups is 4. The van der Waals surface area contributed by atoms with Crippen LogP contribution >= 0.6 is 0 Å². The fourth-order valence-electron chi connectivity index (χ4n) is 4.24. The highest BCUT2D eigenvalue weighted by molar-refractivity contribution is 6.04. The van der Waals surface area contributed by atoms with E-state index >= 15 is 0 Å². The molecule has 5 atom stereocenters. The minimum absolute atomic E-state index is 0.106. The van der Waals surface area contributed by atoms with Crippen LogP contribution in [0.3, 0.4) is 0 Å². The lowest BCUT2D eigenvalue weighted by atomic mass is 9.97. The molecule has 3 aromatic rings. The summed E-state index contributed by atoms with van der Waals surface area (Å²) in [5.74, 6) is -3.28. The lowest BCUT2D eigenvalue weighted by Gasteiger charge is -2.43. The number of methoxy groups -OCH3 is 1. The van der Waals surface area contributed by atoms with E-state index in [0.717, 1.165) is 27.9 Å². The number of fused-ring (bicyclic) bond motifs is 3. The van der Waals surface area contributed by atoms with Gasteiger partial charge in [-0.25, -0.2) is 9.59 Å². The second-order valence-electron chi connectivity index (χ2n) is 8.38. The third-order valence-corrected chi connectivity index (χ3v) is 5.68. The first-order valence-electron chi connectivity index (χ1n) is 11.5. The number of hydrogen-bond donors (Lipinski definition) is 0. The summed E-state index contributed by atoms with van der Waals surface area (Å²) in [5.41, 5.74) is -0.355. The molecule has 0 aliphatic carbocycles. The molecule has 0 N–H and O–H groups in total. The van der Waals surface area contributed by atoms with Crippen molar-refractivity contribution in [1.29, 1.82) is 0 Å². The zero-order valence-corrected chi connectivity index (χ0v) is 20.8. The Bertz CT molecular complexity index is 1460. The Hall–Kier alpha value is -4.45. The van der Waals surface area contributed by atoms with Crippen LogP contribution in [0.5, 0.6) is 5.75 Å². The smallest absolute Gasteiger partial charge is 0.344 e. The van der Waals surface area contributed by atoms with Crippen LogP contribution in [0.25, 0.3) is 21.7 Å². The van der Waals surface area contributed by atoms with E-state index in [0.29, 0.717) is 16.2 Å². The monoisotopic (exact) mass is 528 g/mol. The Morgan fingerprint density at radius 3 is 2.00 bits per heavy atom. The Labute approximate surface area is 215 Å². The van der Waals surface area contributed by atoms with Crippen LogP contribution < -0.4 is 10.4 Å². The summed E-state index contributed by atoms with van der Waals surface area (Å²) in [5, 5.41) is 1.71. The molecule has 0 unspecified atom stereocenters. The molecule has 1 aliphatic heterocycles. The highest BCUT2D eigenvalue weighted by atomic mass is 16.7. The van der Waals surface area contributed by atoms with Crippen LogP contribution in [0.2, 0.25) is 0 Å². The molecule has 0 radical (unpaired) electrons. The summed E-state index contributed by atoms with van der Waals surface area (Å²) in [7, 11) is 1.08. The molecule has 12 heteroatoms. The van der Waals surface area contributed by atoms with Crippen molar-refractivity contribution in [3.8, 4) is 5.75 Å². The Morgan fingerprint density at radius 1 is 0.763 bits per heavy atom. The molecule has 0 saturated carbocycles. The molecule has 38 heavy (non-hydrogen) atoms. The predicted octanol–water partition coefficient (Wildman–Crippen LogP) is 2.02. The zero-order chi connectivity index (χ0) is 27.6. The molecular formula is C26H24O12. The van der Waals surface area contributed by atoms with Crippen LogP contribution in [0.1, 0.15) is 20.8 Å². The lowest BCUT2D eigenvalue weighted by molar-refractivity contribution is -0.282. The molecule has 0 spiro atoms. The van der Waals surface area contributed by atoms with Crippen LogP contribution in [0.4, 0.5) is 0 Å². The normalized spacial score (nSPS) is 22.9. The van der Waals surface area contributed by atoms with E-state index in [2.05, 4.69) is 0 Å². The fraction of sp³-hybridized carbons (Fsp3) is 0.346. The van der Waals surface area contributed by atoms with E-state index in [9.17, 15) is 24.0 Å². The highest BCUT2D eigenvalue weighted by Crippen LogP contribution is 2.33. The third-order valence-electron chi connectivity index (χ3n) is 5.68. The van der Waals surface area contributed by atoms with Gasteiger partial charge in [-0.3, -0.25) is 14.4 Å². The molecule has 4 rings (SSSR count). The van der Waals surface area contributed by atoms with Crippen molar-refractivity contribution in [1.82, 2.24) is 0 Å². The van der Waals surface area contributed by atoms with E-state index in [1.807, 2.05) is 0 Å². The molecule has 1 saturated heterocycles. The number of rotatable bonds is 6. The van der Waals surface area contributed by atoms with Crippen molar-refractivity contribution in [2.24, 2.45) is 0 Å². The number of ether oxygens (including phenoxy) is 6. The van der Waals surface area contributed by atoms with Crippen LogP contribution in [-0.2, 0) is 42.9 Å². The van der Waals surface area contributed by atoms with Gasteiger partial charge in [0.05, 0.1) is 12.5 Å². The average molecular weight is 528 g/mol. The first kappa shape index (κ1) is 26.6. The molecule has 2 aromatic carbocycles. The van der Waals surface area contributed by atoms with Gasteiger partial charge in [-0.1, -0.05) is 18.2 Å². The van der Waals surface area contributed by atoms with Crippen molar-refractivity contribution < 1.29 is 52.0 Å². The highest BCUT2D eigenvalue weighted by Gasteiger charge is 2.55. The molecule has 1 aliphatic rings. The van der Waals surface area contributed by atoms with Gasteiger partial charge in [0, 0.05) is 32.2 Å². The topological polar surface area (TPSA) is 154 Å². The summed E-state index contributed by atoms with van der Waals surface area (Å²) in [4.78, 5) is 60.7. The van der Waals surface area contributed by atoms with Crippen LogP contribution in [0.15, 0.2) is 51.7 Å². The minimum Gasteiger partial charge on any atom is -0.467 e. The molecular weight excluding hydrogens is 504 g/mol. The molecule has 1 aromatic heterocycles. The van der Waals surface area contributed by atoms with E-state index in [1.54, 1.807) is 36.4 Å². The van der Waals surface area contributed by atoms with Crippen LogP contribution in [0, 0.1) is 0 Å².